The van der Waals surface area contributed by atoms with E-state index in [2.05, 4.69) is 0 Å². The zero-order valence-corrected chi connectivity index (χ0v) is 11.8. The molecule has 1 saturated carbocycles. The molecular formula is C15H23NO3. The van der Waals surface area contributed by atoms with E-state index in [0.717, 1.165) is 19.4 Å². The molecule has 1 aliphatic carbocycles. The Bertz CT molecular complexity index is 408. The quantitative estimate of drug-likeness (QED) is 0.798. The summed E-state index contributed by atoms with van der Waals surface area (Å²) in [4.78, 5) is 25.4. The van der Waals surface area contributed by atoms with Crippen molar-refractivity contribution in [3.63, 3.8) is 0 Å². The molecule has 2 fully saturated rings. The number of nitrogens with zero attached hydrogens (tertiary/aromatic N) is 1. The number of aliphatic carboxylic acids is 1. The smallest absolute Gasteiger partial charge is 0.331 e. The van der Waals surface area contributed by atoms with Gasteiger partial charge in [-0.2, -0.15) is 0 Å². The average Bonchev–Trinajstić information content (AvgIpc) is 3.05. The number of hydrogen-bond acceptors (Lipinski definition) is 2. The minimum absolute atomic E-state index is 0.0747. The topological polar surface area (TPSA) is 57.6 Å². The number of amides is 1. The molecule has 1 atom stereocenters. The lowest BCUT2D eigenvalue weighted by Gasteiger charge is -2.30. The van der Waals surface area contributed by atoms with E-state index in [1.165, 1.54) is 32.6 Å². The molecule has 0 aromatic heterocycles. The first kappa shape index (κ1) is 14.1. The fourth-order valence-electron chi connectivity index (χ4n) is 3.41. The maximum Gasteiger partial charge on any atom is 0.331 e. The molecule has 1 N–H and O–H groups in total. The van der Waals surface area contributed by atoms with E-state index < -0.39 is 5.97 Å². The summed E-state index contributed by atoms with van der Waals surface area (Å²) in [6.45, 7) is 3.93. The predicted octanol–water partition coefficient (Wildman–Crippen LogP) is 2.59. The van der Waals surface area contributed by atoms with Crippen LogP contribution in [0.25, 0.3) is 0 Å². The monoisotopic (exact) mass is 265 g/mol. The van der Waals surface area contributed by atoms with E-state index in [4.69, 9.17) is 5.11 Å². The van der Waals surface area contributed by atoms with Gasteiger partial charge in [-0.1, -0.05) is 12.8 Å². The highest BCUT2D eigenvalue weighted by Gasteiger charge is 2.36. The van der Waals surface area contributed by atoms with Gasteiger partial charge in [0.05, 0.1) is 0 Å². The molecule has 0 spiro atoms. The van der Waals surface area contributed by atoms with Crippen molar-refractivity contribution in [3.05, 3.63) is 11.1 Å². The van der Waals surface area contributed by atoms with Crippen LogP contribution in [0.1, 0.15) is 52.4 Å². The van der Waals surface area contributed by atoms with Crippen LogP contribution in [-0.4, -0.2) is 34.5 Å². The van der Waals surface area contributed by atoms with Crippen molar-refractivity contribution in [1.82, 2.24) is 4.90 Å². The van der Waals surface area contributed by atoms with Crippen LogP contribution >= 0.6 is 0 Å². The molecule has 1 heterocycles. The summed E-state index contributed by atoms with van der Waals surface area (Å²) >= 11 is 0. The van der Waals surface area contributed by atoms with Crippen LogP contribution in [0.2, 0.25) is 0 Å². The Balaban J connectivity index is 2.13. The predicted molar refractivity (Wildman–Crippen MR) is 72.7 cm³/mol. The lowest BCUT2D eigenvalue weighted by atomic mass is 9.95. The Morgan fingerprint density at radius 1 is 1.00 bits per heavy atom. The van der Waals surface area contributed by atoms with Crippen molar-refractivity contribution in [2.24, 2.45) is 5.92 Å². The molecule has 2 aliphatic rings. The molecule has 0 radical (unpaired) electrons. The molecule has 1 amide bonds. The highest BCUT2D eigenvalue weighted by atomic mass is 16.4. The Morgan fingerprint density at radius 2 is 1.63 bits per heavy atom. The van der Waals surface area contributed by atoms with Crippen LogP contribution in [-0.2, 0) is 9.59 Å². The largest absolute Gasteiger partial charge is 0.478 e. The summed E-state index contributed by atoms with van der Waals surface area (Å²) in [5, 5.41) is 8.99. The summed E-state index contributed by atoms with van der Waals surface area (Å²) in [6.07, 6.45) is 7.10. The average molecular weight is 265 g/mol. The highest BCUT2D eigenvalue weighted by molar-refractivity contribution is 6.01. The van der Waals surface area contributed by atoms with E-state index >= 15 is 0 Å². The minimum Gasteiger partial charge on any atom is -0.478 e. The normalized spacial score (nSPS) is 25.6. The van der Waals surface area contributed by atoms with E-state index in [1.807, 2.05) is 4.90 Å². The number of carboxylic acid groups (broad SMARTS) is 1. The molecule has 106 valence electrons. The molecule has 1 aliphatic heterocycles. The van der Waals surface area contributed by atoms with E-state index in [-0.39, 0.29) is 11.5 Å². The summed E-state index contributed by atoms with van der Waals surface area (Å²) < 4.78 is 0. The zero-order chi connectivity index (χ0) is 14.0. The number of likely N-dealkylation sites (tertiary alicyclic amines) is 1. The van der Waals surface area contributed by atoms with E-state index in [0.29, 0.717) is 17.5 Å². The number of hydrogen-bond donors (Lipinski definition) is 1. The number of carbonyl (C=O) groups is 2. The van der Waals surface area contributed by atoms with Crippen molar-refractivity contribution in [2.45, 2.75) is 58.4 Å². The van der Waals surface area contributed by atoms with E-state index in [1.54, 1.807) is 6.92 Å². The second-order valence-corrected chi connectivity index (χ2v) is 5.81. The summed E-state index contributed by atoms with van der Waals surface area (Å²) in [6, 6.07) is 0.339. The van der Waals surface area contributed by atoms with Gasteiger partial charge in [0.15, 0.2) is 0 Å². The van der Waals surface area contributed by atoms with Crippen LogP contribution in [0.3, 0.4) is 0 Å². The van der Waals surface area contributed by atoms with Crippen molar-refractivity contribution in [1.29, 1.82) is 0 Å². The number of carboxylic acids is 1. The van der Waals surface area contributed by atoms with Crippen LogP contribution in [0.4, 0.5) is 0 Å². The lowest BCUT2D eigenvalue weighted by molar-refractivity contribution is -0.134. The minimum atomic E-state index is -0.998. The molecule has 1 unspecified atom stereocenters. The second kappa shape index (κ2) is 5.76. The first-order valence-corrected chi connectivity index (χ1v) is 7.24. The molecule has 4 nitrogen and oxygen atoms in total. The molecule has 4 heteroatoms. The third kappa shape index (κ3) is 2.82. The van der Waals surface area contributed by atoms with Crippen LogP contribution in [0, 0.1) is 5.92 Å². The number of rotatable bonds is 3. The van der Waals surface area contributed by atoms with Gasteiger partial charge in [0, 0.05) is 23.7 Å². The fraction of sp³-hybridized carbons (Fsp3) is 0.733. The van der Waals surface area contributed by atoms with Gasteiger partial charge in [0.25, 0.3) is 0 Å². The Labute approximate surface area is 114 Å². The third-order valence-corrected chi connectivity index (χ3v) is 4.71. The van der Waals surface area contributed by atoms with Crippen molar-refractivity contribution in [3.8, 4) is 0 Å². The van der Waals surface area contributed by atoms with E-state index in [9.17, 15) is 9.59 Å². The summed E-state index contributed by atoms with van der Waals surface area (Å²) in [5.74, 6) is -0.443. The first-order chi connectivity index (χ1) is 9.02. The van der Waals surface area contributed by atoms with Gasteiger partial charge in [-0.3, -0.25) is 4.79 Å². The third-order valence-electron chi connectivity index (χ3n) is 4.71. The van der Waals surface area contributed by atoms with Crippen molar-refractivity contribution < 1.29 is 14.7 Å². The van der Waals surface area contributed by atoms with Gasteiger partial charge in [-0.15, -0.1) is 0 Å². The fourth-order valence-corrected chi connectivity index (χ4v) is 3.41. The Kier molecular flexibility index (Phi) is 4.27. The molecule has 0 aromatic rings. The van der Waals surface area contributed by atoms with Gasteiger partial charge in [0.1, 0.15) is 0 Å². The van der Waals surface area contributed by atoms with Gasteiger partial charge in [0.2, 0.25) is 5.91 Å². The molecule has 0 aromatic carbocycles. The first-order valence-electron chi connectivity index (χ1n) is 7.24. The van der Waals surface area contributed by atoms with Crippen molar-refractivity contribution in [2.75, 3.05) is 6.54 Å². The van der Waals surface area contributed by atoms with Crippen LogP contribution < -0.4 is 0 Å². The number of carbonyl (C=O) groups excluding carboxylic acids is 1. The Morgan fingerprint density at radius 3 is 2.21 bits per heavy atom. The highest BCUT2D eigenvalue weighted by Crippen LogP contribution is 2.36. The SMILES string of the molecule is C/C(C(=O)O)=C(\C)C(=O)N1CCCC1C1CCCC1. The maximum atomic E-state index is 12.5. The summed E-state index contributed by atoms with van der Waals surface area (Å²) in [5.41, 5.74) is 0.555. The molecule has 2 rings (SSSR count). The summed E-state index contributed by atoms with van der Waals surface area (Å²) in [7, 11) is 0. The van der Waals surface area contributed by atoms with Crippen LogP contribution in [0.5, 0.6) is 0 Å². The van der Waals surface area contributed by atoms with Crippen LogP contribution in [0.15, 0.2) is 11.1 Å². The molecule has 1 saturated heterocycles. The van der Waals surface area contributed by atoms with Gasteiger partial charge < -0.3 is 10.0 Å². The molecule has 19 heavy (non-hydrogen) atoms. The van der Waals surface area contributed by atoms with Gasteiger partial charge in [-0.25, -0.2) is 4.79 Å². The molecular weight excluding hydrogens is 242 g/mol. The zero-order valence-electron chi connectivity index (χ0n) is 11.8. The van der Waals surface area contributed by atoms with Gasteiger partial charge in [-0.05, 0) is 45.4 Å². The maximum absolute atomic E-state index is 12.5. The Hall–Kier alpha value is -1.32. The molecule has 0 bridgehead atoms. The standard InChI is InChI=1S/C15H23NO3/c1-10(11(2)15(18)19)14(17)16-9-5-8-13(16)12-6-3-4-7-12/h12-13H,3-9H2,1-2H3,(H,18,19)/b11-10-. The van der Waals surface area contributed by atoms with Gasteiger partial charge >= 0.3 is 5.97 Å². The van der Waals surface area contributed by atoms with Crippen molar-refractivity contribution >= 4 is 11.9 Å². The lowest BCUT2D eigenvalue weighted by Crippen LogP contribution is -2.40. The second-order valence-electron chi connectivity index (χ2n) is 5.81.